The molecule has 1 N–H and O–H groups in total. The quantitative estimate of drug-likeness (QED) is 0.395. The van der Waals surface area contributed by atoms with Crippen LogP contribution < -0.4 is 5.32 Å². The van der Waals surface area contributed by atoms with E-state index in [0.29, 0.717) is 6.42 Å². The molecule has 0 radical (unpaired) electrons. The Labute approximate surface area is 206 Å². The van der Waals surface area contributed by atoms with E-state index in [1.165, 1.54) is 22.9 Å². The van der Waals surface area contributed by atoms with Crippen LogP contribution in [-0.2, 0) is 22.3 Å². The third-order valence-corrected chi connectivity index (χ3v) is 6.30. The number of pyridine rings is 1. The van der Waals surface area contributed by atoms with Crippen molar-refractivity contribution in [3.05, 3.63) is 78.0 Å². The summed E-state index contributed by atoms with van der Waals surface area (Å²) in [5.41, 5.74) is 0.0208. The molecule has 2 heterocycles. The van der Waals surface area contributed by atoms with Gasteiger partial charge in [-0.05, 0) is 30.0 Å². The molecule has 1 aromatic carbocycles. The molecule has 4 rings (SSSR count). The largest absolute Gasteiger partial charge is 0.457 e. The van der Waals surface area contributed by atoms with Crippen molar-refractivity contribution in [2.75, 3.05) is 5.32 Å². The first-order chi connectivity index (χ1) is 17.3. The number of carbonyl (C=O) groups is 2. The zero-order chi connectivity index (χ0) is 25.5. The summed E-state index contributed by atoms with van der Waals surface area (Å²) in [7, 11) is 0. The molecule has 7 nitrogen and oxygen atoms in total. The van der Waals surface area contributed by atoms with Crippen LogP contribution in [0.1, 0.15) is 66.2 Å². The van der Waals surface area contributed by atoms with Gasteiger partial charge in [0.25, 0.3) is 0 Å². The van der Waals surface area contributed by atoms with E-state index in [2.05, 4.69) is 15.3 Å². The second-order valence-corrected chi connectivity index (χ2v) is 8.94. The van der Waals surface area contributed by atoms with Crippen LogP contribution in [-0.4, -0.2) is 26.4 Å². The Morgan fingerprint density at radius 3 is 2.44 bits per heavy atom. The van der Waals surface area contributed by atoms with Gasteiger partial charge in [0.1, 0.15) is 18.5 Å². The smallest absolute Gasteiger partial charge is 0.434 e. The Balaban J connectivity index is 1.42. The van der Waals surface area contributed by atoms with Crippen LogP contribution >= 0.6 is 0 Å². The molecule has 190 valence electrons. The average Bonchev–Trinajstić information content (AvgIpc) is 3.38. The number of alkyl halides is 3. The molecule has 1 unspecified atom stereocenters. The zero-order valence-electron chi connectivity index (χ0n) is 19.6. The summed E-state index contributed by atoms with van der Waals surface area (Å²) in [4.78, 5) is 33.0. The number of nitrogens with zero attached hydrogens (tertiary/aromatic N) is 3. The van der Waals surface area contributed by atoms with Crippen molar-refractivity contribution in [2.24, 2.45) is 5.92 Å². The molecular weight excluding hydrogens is 473 g/mol. The van der Waals surface area contributed by atoms with Gasteiger partial charge in [0.15, 0.2) is 5.69 Å². The molecule has 3 aromatic rings. The number of rotatable bonds is 8. The Bertz CT molecular complexity index is 1160. The highest BCUT2D eigenvalue weighted by Gasteiger charge is 2.35. The topological polar surface area (TPSA) is 86.1 Å². The number of nitrogens with one attached hydrogen (secondary N) is 1. The monoisotopic (exact) mass is 500 g/mol. The fraction of sp³-hybridized carbons (Fsp3) is 0.385. The van der Waals surface area contributed by atoms with E-state index in [-0.39, 0.29) is 23.9 Å². The van der Waals surface area contributed by atoms with Gasteiger partial charge in [-0.2, -0.15) is 13.2 Å². The Kier molecular flexibility index (Phi) is 8.02. The van der Waals surface area contributed by atoms with Gasteiger partial charge in [0.2, 0.25) is 5.91 Å². The minimum absolute atomic E-state index is 0.117. The molecule has 1 amide bonds. The van der Waals surface area contributed by atoms with E-state index in [0.717, 1.165) is 50.2 Å². The molecule has 1 aliphatic carbocycles. The number of halogens is 3. The molecule has 0 aliphatic heterocycles. The molecule has 1 saturated carbocycles. The van der Waals surface area contributed by atoms with Crippen LogP contribution in [0.2, 0.25) is 0 Å². The summed E-state index contributed by atoms with van der Waals surface area (Å²) < 4.78 is 45.8. The molecule has 1 fully saturated rings. The Hall–Kier alpha value is -3.69. The summed E-state index contributed by atoms with van der Waals surface area (Å²) in [5.74, 6) is -0.624. The molecular formula is C26H27F3N4O3. The SMILES string of the molecule is O=C(OCc1ccccc1)c1ccc(NC(=O)C(CC2CCCCC2)n2cnc(C(F)(F)F)c2)nc1. The summed E-state index contributed by atoms with van der Waals surface area (Å²) in [6.07, 6.45) is 4.10. The van der Waals surface area contributed by atoms with E-state index < -0.39 is 29.8 Å². The summed E-state index contributed by atoms with van der Waals surface area (Å²) >= 11 is 0. The maximum absolute atomic E-state index is 13.2. The highest BCUT2D eigenvalue weighted by molar-refractivity contribution is 5.94. The minimum Gasteiger partial charge on any atom is -0.457 e. The van der Waals surface area contributed by atoms with E-state index in [1.54, 1.807) is 0 Å². The first-order valence-corrected chi connectivity index (χ1v) is 11.9. The first kappa shape index (κ1) is 25.4. The first-order valence-electron chi connectivity index (χ1n) is 11.9. The lowest BCUT2D eigenvalue weighted by Gasteiger charge is -2.26. The van der Waals surface area contributed by atoms with E-state index in [9.17, 15) is 22.8 Å². The molecule has 36 heavy (non-hydrogen) atoms. The van der Waals surface area contributed by atoms with E-state index in [1.807, 2.05) is 30.3 Å². The average molecular weight is 501 g/mol. The standard InChI is InChI=1S/C26H27F3N4O3/c27-26(28,29)22-15-33(17-31-22)21(13-18-7-3-1-4-8-18)24(34)32-23-12-11-20(14-30-23)25(35)36-16-19-9-5-2-6-10-19/h2,5-6,9-12,14-15,17-18,21H,1,3-4,7-8,13,16H2,(H,30,32,34). The predicted molar refractivity (Wildman–Crippen MR) is 126 cm³/mol. The number of hydrogen-bond donors (Lipinski definition) is 1. The number of benzene rings is 1. The van der Waals surface area contributed by atoms with Crippen LogP contribution in [0.4, 0.5) is 19.0 Å². The lowest BCUT2D eigenvalue weighted by atomic mass is 9.84. The third-order valence-electron chi connectivity index (χ3n) is 6.30. The second-order valence-electron chi connectivity index (χ2n) is 8.94. The maximum atomic E-state index is 13.2. The van der Waals surface area contributed by atoms with Crippen molar-refractivity contribution >= 4 is 17.7 Å². The van der Waals surface area contributed by atoms with Gasteiger partial charge in [-0.15, -0.1) is 0 Å². The van der Waals surface area contributed by atoms with Crippen molar-refractivity contribution < 1.29 is 27.5 Å². The fourth-order valence-electron chi connectivity index (χ4n) is 4.36. The van der Waals surface area contributed by atoms with Gasteiger partial charge in [-0.1, -0.05) is 62.4 Å². The van der Waals surface area contributed by atoms with Gasteiger partial charge in [0, 0.05) is 12.4 Å². The lowest BCUT2D eigenvalue weighted by molar-refractivity contribution is -0.141. The van der Waals surface area contributed by atoms with E-state index in [4.69, 9.17) is 4.74 Å². The zero-order valence-corrected chi connectivity index (χ0v) is 19.6. The van der Waals surface area contributed by atoms with Gasteiger partial charge in [-0.3, -0.25) is 4.79 Å². The van der Waals surface area contributed by atoms with Crippen molar-refractivity contribution in [3.63, 3.8) is 0 Å². The molecule has 2 aromatic heterocycles. The van der Waals surface area contributed by atoms with Crippen molar-refractivity contribution in [1.29, 1.82) is 0 Å². The van der Waals surface area contributed by atoms with Crippen molar-refractivity contribution in [3.8, 4) is 0 Å². The number of imidazole rings is 1. The normalized spacial score (nSPS) is 15.3. The van der Waals surface area contributed by atoms with Gasteiger partial charge in [-0.25, -0.2) is 14.8 Å². The highest BCUT2D eigenvalue weighted by atomic mass is 19.4. The molecule has 1 atom stereocenters. The number of ether oxygens (including phenoxy) is 1. The van der Waals surface area contributed by atoms with Gasteiger partial charge >= 0.3 is 12.1 Å². The van der Waals surface area contributed by atoms with E-state index >= 15 is 0 Å². The summed E-state index contributed by atoms with van der Waals surface area (Å²) in [6.45, 7) is 0.117. The molecule has 1 aliphatic rings. The van der Waals surface area contributed by atoms with Crippen molar-refractivity contribution in [2.45, 2.75) is 57.3 Å². The van der Waals surface area contributed by atoms with Crippen LogP contribution in [0.5, 0.6) is 0 Å². The number of hydrogen-bond acceptors (Lipinski definition) is 5. The second kappa shape index (κ2) is 11.4. The lowest BCUT2D eigenvalue weighted by Crippen LogP contribution is -2.28. The van der Waals surface area contributed by atoms with Crippen molar-refractivity contribution in [1.82, 2.24) is 14.5 Å². The van der Waals surface area contributed by atoms with Crippen LogP contribution in [0.25, 0.3) is 0 Å². The Morgan fingerprint density at radius 2 is 1.81 bits per heavy atom. The minimum atomic E-state index is -4.59. The number of carbonyl (C=O) groups excluding carboxylic acids is 2. The van der Waals surface area contributed by atoms with Crippen LogP contribution in [0, 0.1) is 5.92 Å². The molecule has 0 spiro atoms. The van der Waals surface area contributed by atoms with Crippen LogP contribution in [0.15, 0.2) is 61.2 Å². The maximum Gasteiger partial charge on any atom is 0.434 e. The summed E-state index contributed by atoms with van der Waals surface area (Å²) in [6, 6.07) is 11.3. The van der Waals surface area contributed by atoms with Gasteiger partial charge in [0.05, 0.1) is 11.9 Å². The molecule has 0 bridgehead atoms. The highest BCUT2D eigenvalue weighted by Crippen LogP contribution is 2.33. The predicted octanol–water partition coefficient (Wildman–Crippen LogP) is 5.80. The Morgan fingerprint density at radius 1 is 1.06 bits per heavy atom. The number of amides is 1. The number of esters is 1. The third kappa shape index (κ3) is 6.71. The van der Waals surface area contributed by atoms with Crippen LogP contribution in [0.3, 0.4) is 0 Å². The molecule has 0 saturated heterocycles. The summed E-state index contributed by atoms with van der Waals surface area (Å²) in [5, 5.41) is 2.67. The van der Waals surface area contributed by atoms with Gasteiger partial charge < -0.3 is 14.6 Å². The molecule has 10 heteroatoms. The number of anilines is 1. The fourth-order valence-corrected chi connectivity index (χ4v) is 4.36. The number of aromatic nitrogens is 3.